The zero-order valence-corrected chi connectivity index (χ0v) is 17.2. The zero-order valence-electron chi connectivity index (χ0n) is 17.2. The smallest absolute Gasteiger partial charge is 0.311 e. The number of ketones is 1. The van der Waals surface area contributed by atoms with Gasteiger partial charge in [0.2, 0.25) is 5.78 Å². The molecule has 0 N–H and O–H groups in total. The maximum absolute atomic E-state index is 13.3. The summed E-state index contributed by atoms with van der Waals surface area (Å²) < 4.78 is 11.9. The third-order valence-corrected chi connectivity index (χ3v) is 4.35. The average molecular weight is 405 g/mol. The van der Waals surface area contributed by atoms with Crippen LogP contribution in [-0.2, 0) is 9.53 Å². The highest BCUT2D eigenvalue weighted by molar-refractivity contribution is 6.11. The van der Waals surface area contributed by atoms with Gasteiger partial charge in [0.15, 0.2) is 5.82 Å². The fourth-order valence-corrected chi connectivity index (χ4v) is 2.94. The molecule has 3 aromatic rings. The Labute approximate surface area is 175 Å². The lowest BCUT2D eigenvalue weighted by atomic mass is 10.1. The number of nitrogens with zero attached hydrogens (tertiary/aromatic N) is 3. The van der Waals surface area contributed by atoms with Crippen molar-refractivity contribution in [2.45, 2.75) is 20.3 Å². The molecule has 0 radical (unpaired) electrons. The number of aliphatic imine (C=N–C) groups is 1. The van der Waals surface area contributed by atoms with Crippen molar-refractivity contribution in [1.82, 2.24) is 9.55 Å². The first-order chi connectivity index (χ1) is 14.5. The molecule has 7 heteroatoms. The lowest BCUT2D eigenvalue weighted by Gasteiger charge is -2.09. The van der Waals surface area contributed by atoms with E-state index in [1.807, 2.05) is 18.2 Å². The first-order valence-corrected chi connectivity index (χ1v) is 9.54. The van der Waals surface area contributed by atoms with Gasteiger partial charge in [-0.2, -0.15) is 0 Å². The molecule has 0 saturated carbocycles. The third-order valence-electron chi connectivity index (χ3n) is 4.35. The Morgan fingerprint density at radius 1 is 1.07 bits per heavy atom. The van der Waals surface area contributed by atoms with Crippen LogP contribution in [0.5, 0.6) is 5.75 Å². The highest BCUT2D eigenvalue weighted by Crippen LogP contribution is 2.26. The van der Waals surface area contributed by atoms with E-state index >= 15 is 0 Å². The van der Waals surface area contributed by atoms with Crippen LogP contribution >= 0.6 is 0 Å². The molecule has 0 aliphatic rings. The summed E-state index contributed by atoms with van der Waals surface area (Å²) in [5.41, 5.74) is 2.09. The number of aromatic nitrogens is 2. The second kappa shape index (κ2) is 9.65. The van der Waals surface area contributed by atoms with Crippen LogP contribution in [0, 0.1) is 0 Å². The predicted molar refractivity (Wildman–Crippen MR) is 114 cm³/mol. The van der Waals surface area contributed by atoms with E-state index in [0.29, 0.717) is 29.3 Å². The van der Waals surface area contributed by atoms with Crippen LogP contribution in [0.2, 0.25) is 0 Å². The molecule has 1 aromatic heterocycles. The predicted octanol–water partition coefficient (Wildman–Crippen LogP) is 4.16. The van der Waals surface area contributed by atoms with Crippen molar-refractivity contribution in [2.75, 3.05) is 13.7 Å². The number of hydrogen-bond acceptors (Lipinski definition) is 6. The molecule has 0 aliphatic heterocycles. The van der Waals surface area contributed by atoms with Crippen molar-refractivity contribution in [3.05, 3.63) is 72.2 Å². The second-order valence-corrected chi connectivity index (χ2v) is 6.51. The second-order valence-electron chi connectivity index (χ2n) is 6.51. The van der Waals surface area contributed by atoms with Crippen LogP contribution in [0.3, 0.4) is 0 Å². The monoisotopic (exact) mass is 405 g/mol. The minimum atomic E-state index is -0.371. The van der Waals surface area contributed by atoms with Crippen LogP contribution in [0.4, 0.5) is 5.82 Å². The minimum Gasteiger partial charge on any atom is -0.497 e. The number of carbonyl (C=O) groups excluding carboxylic acids is 2. The van der Waals surface area contributed by atoms with Gasteiger partial charge in [-0.1, -0.05) is 30.3 Å². The molecule has 0 spiro atoms. The Morgan fingerprint density at radius 2 is 1.77 bits per heavy atom. The molecule has 0 atom stereocenters. The van der Waals surface area contributed by atoms with E-state index in [-0.39, 0.29) is 24.0 Å². The lowest BCUT2D eigenvalue weighted by molar-refractivity contribution is -0.141. The van der Waals surface area contributed by atoms with Gasteiger partial charge in [0.05, 0.1) is 20.1 Å². The van der Waals surface area contributed by atoms with Gasteiger partial charge in [0.1, 0.15) is 17.8 Å². The maximum atomic E-state index is 13.3. The van der Waals surface area contributed by atoms with E-state index in [0.717, 1.165) is 5.69 Å². The van der Waals surface area contributed by atoms with E-state index in [2.05, 4.69) is 9.98 Å². The van der Waals surface area contributed by atoms with E-state index in [4.69, 9.17) is 9.47 Å². The number of methoxy groups -OCH3 is 1. The summed E-state index contributed by atoms with van der Waals surface area (Å²) in [5, 5.41) is 0. The molecule has 0 fully saturated rings. The van der Waals surface area contributed by atoms with E-state index in [9.17, 15) is 9.59 Å². The molecule has 0 aliphatic carbocycles. The number of esters is 1. The Kier molecular flexibility index (Phi) is 6.75. The van der Waals surface area contributed by atoms with Crippen molar-refractivity contribution in [3.8, 4) is 11.4 Å². The quantitative estimate of drug-likeness (QED) is 0.319. The molecule has 30 heavy (non-hydrogen) atoms. The van der Waals surface area contributed by atoms with Gasteiger partial charge in [-0.3, -0.25) is 14.2 Å². The lowest BCUT2D eigenvalue weighted by Crippen LogP contribution is -2.10. The standard InChI is InChI=1S/C23H23N3O4/c1-4-30-20(27)14-16(2)25-23-21(22(28)17-8-6-5-7-9-17)26(15-24-23)18-10-12-19(29-3)13-11-18/h5-13,15H,4,14H2,1-3H3. The molecule has 154 valence electrons. The van der Waals surface area contributed by atoms with Crippen LogP contribution in [-0.4, -0.2) is 40.7 Å². The Balaban J connectivity index is 2.05. The van der Waals surface area contributed by atoms with Crippen molar-refractivity contribution >= 4 is 23.3 Å². The van der Waals surface area contributed by atoms with E-state index in [1.54, 1.807) is 68.2 Å². The van der Waals surface area contributed by atoms with Crippen LogP contribution in [0.25, 0.3) is 5.69 Å². The highest BCUT2D eigenvalue weighted by Gasteiger charge is 2.21. The number of benzene rings is 2. The van der Waals surface area contributed by atoms with Gasteiger partial charge >= 0.3 is 5.97 Å². The Bertz CT molecular complexity index is 1050. The summed E-state index contributed by atoms with van der Waals surface area (Å²) in [6.07, 6.45) is 1.58. The zero-order chi connectivity index (χ0) is 21.5. The molecule has 0 bridgehead atoms. The molecule has 0 unspecified atom stereocenters. The third kappa shape index (κ3) is 4.81. The molecular formula is C23H23N3O4. The van der Waals surface area contributed by atoms with Crippen molar-refractivity contribution in [2.24, 2.45) is 4.99 Å². The number of carbonyl (C=O) groups is 2. The van der Waals surface area contributed by atoms with Gasteiger partial charge in [-0.25, -0.2) is 9.98 Å². The van der Waals surface area contributed by atoms with Gasteiger partial charge < -0.3 is 9.47 Å². The normalized spacial score (nSPS) is 11.2. The van der Waals surface area contributed by atoms with E-state index in [1.165, 1.54) is 0 Å². The first kappa shape index (κ1) is 21.0. The Morgan fingerprint density at radius 3 is 2.40 bits per heavy atom. The minimum absolute atomic E-state index is 0.0300. The molecule has 1 heterocycles. The van der Waals surface area contributed by atoms with Crippen LogP contribution in [0.15, 0.2) is 65.9 Å². The van der Waals surface area contributed by atoms with Crippen molar-refractivity contribution in [3.63, 3.8) is 0 Å². The fourth-order valence-electron chi connectivity index (χ4n) is 2.94. The average Bonchev–Trinajstić information content (AvgIpc) is 3.17. The summed E-state index contributed by atoms with van der Waals surface area (Å²) in [5.74, 6) is 0.371. The maximum Gasteiger partial charge on any atom is 0.311 e. The van der Waals surface area contributed by atoms with Gasteiger partial charge in [-0.15, -0.1) is 0 Å². The topological polar surface area (TPSA) is 82.8 Å². The molecule has 2 aromatic carbocycles. The largest absolute Gasteiger partial charge is 0.497 e. The van der Waals surface area contributed by atoms with Crippen LogP contribution in [0.1, 0.15) is 36.3 Å². The number of rotatable bonds is 8. The summed E-state index contributed by atoms with van der Waals surface area (Å²) in [4.78, 5) is 33.9. The van der Waals surface area contributed by atoms with Gasteiger partial charge in [0, 0.05) is 17.0 Å². The molecule has 0 amide bonds. The van der Waals surface area contributed by atoms with Gasteiger partial charge in [0.25, 0.3) is 0 Å². The number of imidazole rings is 1. The summed E-state index contributed by atoms with van der Waals surface area (Å²) in [7, 11) is 1.59. The highest BCUT2D eigenvalue weighted by atomic mass is 16.5. The van der Waals surface area contributed by atoms with Crippen LogP contribution < -0.4 is 4.74 Å². The molecular weight excluding hydrogens is 382 g/mol. The number of hydrogen-bond donors (Lipinski definition) is 0. The molecule has 7 nitrogen and oxygen atoms in total. The SMILES string of the molecule is CCOC(=O)CC(C)=Nc1ncn(-c2ccc(OC)cc2)c1C(=O)c1ccccc1. The van der Waals surface area contributed by atoms with E-state index < -0.39 is 0 Å². The molecule has 0 saturated heterocycles. The molecule has 3 rings (SSSR count). The Hall–Kier alpha value is -3.74. The first-order valence-electron chi connectivity index (χ1n) is 9.54. The summed E-state index contributed by atoms with van der Waals surface area (Å²) in [6, 6.07) is 16.2. The number of ether oxygens (including phenoxy) is 2. The van der Waals surface area contributed by atoms with Crippen molar-refractivity contribution < 1.29 is 19.1 Å². The fraction of sp³-hybridized carbons (Fsp3) is 0.217. The van der Waals surface area contributed by atoms with Gasteiger partial charge in [-0.05, 0) is 38.1 Å². The van der Waals surface area contributed by atoms with Crippen molar-refractivity contribution in [1.29, 1.82) is 0 Å². The summed E-state index contributed by atoms with van der Waals surface area (Å²) in [6.45, 7) is 3.76. The summed E-state index contributed by atoms with van der Waals surface area (Å²) >= 11 is 0.